The molecule has 0 spiro atoms. The van der Waals surface area contributed by atoms with Crippen LogP contribution in [0.4, 0.5) is 0 Å². The number of ketones is 3. The fourth-order valence-corrected chi connectivity index (χ4v) is 15.1. The lowest BCUT2D eigenvalue weighted by molar-refractivity contribution is -0.166. The number of thiophene rings is 2. The van der Waals surface area contributed by atoms with Gasteiger partial charge >= 0.3 is 23.9 Å². The maximum absolute atomic E-state index is 15.9. The Kier molecular flexibility index (Phi) is 13.4. The number of hydrogen-bond acceptors (Lipinski definition) is 14. The first-order valence-corrected chi connectivity index (χ1v) is 29.3. The molecule has 4 aliphatic rings. The quantitative estimate of drug-likeness (QED) is 0.0359. The van der Waals surface area contributed by atoms with Gasteiger partial charge in [-0.25, -0.2) is 0 Å². The number of allylic oxidation sites excluding steroid dienone is 3. The van der Waals surface area contributed by atoms with Crippen LogP contribution in [0, 0.1) is 0 Å². The van der Waals surface area contributed by atoms with Crippen LogP contribution in [0.5, 0.6) is 0 Å². The van der Waals surface area contributed by atoms with Gasteiger partial charge in [0.2, 0.25) is 10.8 Å². The summed E-state index contributed by atoms with van der Waals surface area (Å²) in [4.78, 5) is 108. The van der Waals surface area contributed by atoms with E-state index in [4.69, 9.17) is 18.9 Å². The molecule has 0 aliphatic heterocycles. The van der Waals surface area contributed by atoms with E-state index in [9.17, 15) is 19.5 Å². The molecule has 0 bridgehead atoms. The number of carbonyl (C=O) groups is 7. The van der Waals surface area contributed by atoms with Crippen LogP contribution in [0.2, 0.25) is 0 Å². The zero-order chi connectivity index (χ0) is 58.8. The molecule has 12 nitrogen and oxygen atoms in total. The lowest BCUT2D eigenvalue weighted by Gasteiger charge is -2.29. The molecule has 8 aromatic carbocycles. The molecule has 0 saturated carbocycles. The molecular formula is C72H46O12S2. The van der Waals surface area contributed by atoms with Gasteiger partial charge in [-0.15, -0.1) is 22.7 Å². The molecule has 0 amide bonds. The van der Waals surface area contributed by atoms with E-state index >= 15 is 19.2 Å². The van der Waals surface area contributed by atoms with Gasteiger partial charge in [0.05, 0.1) is 15.0 Å². The number of carbonyl (C=O) groups excluding carboxylic acids is 7. The summed E-state index contributed by atoms with van der Waals surface area (Å²) in [6.45, 7) is -1.18. The Bertz CT molecular complexity index is 4510. The lowest BCUT2D eigenvalue weighted by atomic mass is 9.75. The smallest absolute Gasteiger partial charge is 0.333 e. The Balaban J connectivity index is 0.991. The Morgan fingerprint density at radius 1 is 0.419 bits per heavy atom. The van der Waals surface area contributed by atoms with Crippen LogP contribution in [-0.4, -0.2) is 46.3 Å². The number of aliphatic hydroxyl groups excluding tert-OH is 1. The number of fused-ring (bicyclic) bond motifs is 9. The Morgan fingerprint density at radius 2 is 0.744 bits per heavy atom. The van der Waals surface area contributed by atoms with Gasteiger partial charge in [-0.05, 0) is 109 Å². The second-order valence-corrected chi connectivity index (χ2v) is 23.5. The predicted octanol–water partition coefficient (Wildman–Crippen LogP) is 13.4. The van der Waals surface area contributed by atoms with Crippen molar-refractivity contribution in [1.82, 2.24) is 0 Å². The van der Waals surface area contributed by atoms with Crippen LogP contribution in [0.25, 0.3) is 43.1 Å². The summed E-state index contributed by atoms with van der Waals surface area (Å²) >= 11 is 2.11. The Labute approximate surface area is 499 Å². The van der Waals surface area contributed by atoms with Crippen LogP contribution in [0.1, 0.15) is 85.9 Å². The van der Waals surface area contributed by atoms with Crippen LogP contribution in [0.15, 0.2) is 229 Å². The number of hydrogen-bond donors (Lipinski definition) is 1. The highest BCUT2D eigenvalue weighted by molar-refractivity contribution is 7.29. The minimum atomic E-state index is -2.56. The maximum Gasteiger partial charge on any atom is 0.333 e. The predicted molar refractivity (Wildman–Crippen MR) is 326 cm³/mol. The zero-order valence-electron chi connectivity index (χ0n) is 45.4. The SMILES string of the molecule is O=C1C(=CC2=Cc3sc4c5c(sc4c3C2(C(=O)OCc2ccccc2)C(=O)OCc2ccccc2)C=C(/C=C2\C(=O)c3cc4ccccc4cc3C2O)C5(C(=O)OCc2ccccc2)C(=O)OCc2ccccc2)C(=O)c2cc3ccccc3cc21. The number of rotatable bonds is 14. The lowest BCUT2D eigenvalue weighted by Crippen LogP contribution is -2.46. The Hall–Kier alpha value is -10.3. The van der Waals surface area contributed by atoms with Gasteiger partial charge in [-0.3, -0.25) is 33.6 Å². The van der Waals surface area contributed by atoms with Crippen molar-refractivity contribution in [1.29, 1.82) is 0 Å². The highest BCUT2D eigenvalue weighted by Gasteiger charge is 2.63. The van der Waals surface area contributed by atoms with E-state index in [1.807, 2.05) is 60.7 Å². The normalized spacial score (nSPS) is 16.4. The van der Waals surface area contributed by atoms with Crippen molar-refractivity contribution in [2.45, 2.75) is 43.4 Å². The van der Waals surface area contributed by atoms with Gasteiger partial charge in [0.1, 0.15) is 32.5 Å². The molecule has 86 heavy (non-hydrogen) atoms. The third-order valence-electron chi connectivity index (χ3n) is 16.3. The molecule has 0 radical (unpaired) electrons. The first-order chi connectivity index (χ1) is 41.9. The largest absolute Gasteiger partial charge is 0.459 e. The molecule has 4 aliphatic carbocycles. The van der Waals surface area contributed by atoms with Crippen molar-refractivity contribution in [3.05, 3.63) is 294 Å². The van der Waals surface area contributed by atoms with Crippen molar-refractivity contribution in [2.24, 2.45) is 0 Å². The average molecular weight is 1170 g/mol. The summed E-state index contributed by atoms with van der Waals surface area (Å²) in [6.07, 6.45) is 4.30. The van der Waals surface area contributed by atoms with E-state index < -0.39 is 58.2 Å². The topological polar surface area (TPSA) is 177 Å². The molecule has 2 aromatic heterocycles. The van der Waals surface area contributed by atoms with Crippen molar-refractivity contribution in [3.63, 3.8) is 0 Å². The molecule has 10 aromatic rings. The number of ether oxygens (including phenoxy) is 4. The van der Waals surface area contributed by atoms with Crippen molar-refractivity contribution in [2.75, 3.05) is 0 Å². The van der Waals surface area contributed by atoms with E-state index in [-0.39, 0.29) is 90.8 Å². The molecule has 0 saturated heterocycles. The van der Waals surface area contributed by atoms with Gasteiger partial charge in [0.25, 0.3) is 0 Å². The third-order valence-corrected chi connectivity index (χ3v) is 18.8. The summed E-state index contributed by atoms with van der Waals surface area (Å²) in [7, 11) is 0. The van der Waals surface area contributed by atoms with E-state index in [1.165, 1.54) is 12.2 Å². The van der Waals surface area contributed by atoms with E-state index in [0.29, 0.717) is 32.7 Å². The summed E-state index contributed by atoms with van der Waals surface area (Å²) in [5, 5.41) is 15.2. The number of benzene rings is 8. The molecule has 0 fully saturated rings. The van der Waals surface area contributed by atoms with E-state index in [2.05, 4.69) is 0 Å². The van der Waals surface area contributed by atoms with E-state index in [1.54, 1.807) is 146 Å². The third kappa shape index (κ3) is 8.71. The zero-order valence-corrected chi connectivity index (χ0v) is 47.1. The van der Waals surface area contributed by atoms with Gasteiger partial charge in [0.15, 0.2) is 17.3 Å². The van der Waals surface area contributed by atoms with Crippen LogP contribution in [-0.2, 0) is 75.4 Å². The van der Waals surface area contributed by atoms with Gasteiger partial charge < -0.3 is 24.1 Å². The first-order valence-electron chi connectivity index (χ1n) is 27.6. The average Bonchev–Trinajstić information content (AvgIpc) is 1.52. The van der Waals surface area contributed by atoms with Gasteiger partial charge in [-0.1, -0.05) is 170 Å². The summed E-state index contributed by atoms with van der Waals surface area (Å²) < 4.78 is 25.5. The fourth-order valence-electron chi connectivity index (χ4n) is 12.1. The molecule has 418 valence electrons. The van der Waals surface area contributed by atoms with Crippen molar-refractivity contribution < 1.29 is 57.6 Å². The highest BCUT2D eigenvalue weighted by atomic mass is 32.1. The molecular weight excluding hydrogens is 1120 g/mol. The minimum Gasteiger partial charge on any atom is -0.459 e. The van der Waals surface area contributed by atoms with Crippen molar-refractivity contribution in [3.8, 4) is 0 Å². The molecule has 1 atom stereocenters. The van der Waals surface area contributed by atoms with Crippen LogP contribution >= 0.6 is 22.7 Å². The summed E-state index contributed by atoms with van der Waals surface area (Å²) in [6, 6.07) is 57.0. The Morgan fingerprint density at radius 3 is 1.12 bits per heavy atom. The molecule has 14 rings (SSSR count). The van der Waals surface area contributed by atoms with Gasteiger partial charge in [-0.2, -0.15) is 0 Å². The first kappa shape index (κ1) is 53.7. The molecule has 2 heterocycles. The fraction of sp³-hybridized carbons (Fsp3) is 0.0972. The number of esters is 4. The summed E-state index contributed by atoms with van der Waals surface area (Å²) in [5.41, 5.74) is -2.16. The van der Waals surface area contributed by atoms with Crippen LogP contribution in [0.3, 0.4) is 0 Å². The van der Waals surface area contributed by atoms with Crippen LogP contribution < -0.4 is 0 Å². The molecule has 1 unspecified atom stereocenters. The maximum atomic E-state index is 15.9. The highest BCUT2D eigenvalue weighted by Crippen LogP contribution is 2.60. The second kappa shape index (κ2) is 21.4. The minimum absolute atomic E-state index is 0.0349. The standard InChI is InChI=1S/C72H46O12S2/c73-61-51-29-45-25-13-14-26-46(45)30-52(51)62(74)55(61)33-49-35-57-59(71(49,67(77)81-37-41-17-5-1-6-18-41)68(78)82-38-42-19-7-2-8-20-42)65-66(85-57)60-58(86-65)36-50(34-56-63(75)53-31-47-27-15-16-28-48(47)32-54(53)64(56)76)72(60,69(79)83-39-43-21-9-3-10-22-43)70(80)84-40-44-23-11-4-12-24-44/h1-36,61,73H,37-40H2/b55-33-. The summed E-state index contributed by atoms with van der Waals surface area (Å²) in [5.74, 6) is -6.06. The second-order valence-electron chi connectivity index (χ2n) is 21.4. The number of aliphatic hydroxyl groups is 1. The molecule has 1 N–H and O–H groups in total. The number of Topliss-reactive ketones (excluding diaryl/α,β-unsaturated/α-hetero) is 3. The molecule has 14 heteroatoms. The van der Waals surface area contributed by atoms with Gasteiger partial charge in [0, 0.05) is 43.1 Å². The van der Waals surface area contributed by atoms with Crippen molar-refractivity contribution >= 4 is 107 Å². The monoisotopic (exact) mass is 1170 g/mol. The van der Waals surface area contributed by atoms with E-state index in [0.717, 1.165) is 44.2 Å².